The summed E-state index contributed by atoms with van der Waals surface area (Å²) in [6, 6.07) is 6.16. The average Bonchev–Trinajstić information content (AvgIpc) is 3.56. The van der Waals surface area contributed by atoms with Crippen molar-refractivity contribution in [3.8, 4) is 5.75 Å². The van der Waals surface area contributed by atoms with Crippen LogP contribution in [0.2, 0.25) is 0 Å². The summed E-state index contributed by atoms with van der Waals surface area (Å²) in [4.78, 5) is 45.1. The smallest absolute Gasteiger partial charge is 0.312 e. The van der Waals surface area contributed by atoms with Gasteiger partial charge in [-0.15, -0.1) is 13.2 Å². The number of rotatable bonds is 14. The highest BCUT2D eigenvalue weighted by Gasteiger charge is 2.79. The van der Waals surface area contributed by atoms with Gasteiger partial charge in [-0.05, 0) is 62.8 Å². The van der Waals surface area contributed by atoms with E-state index in [-0.39, 0.29) is 38.1 Å². The van der Waals surface area contributed by atoms with Gasteiger partial charge in [-0.25, -0.2) is 0 Å². The molecule has 2 amide bonds. The van der Waals surface area contributed by atoms with Gasteiger partial charge in [0.2, 0.25) is 5.91 Å². The van der Waals surface area contributed by atoms with Crippen molar-refractivity contribution in [3.05, 3.63) is 49.6 Å². The Bertz CT molecular complexity index is 1090. The van der Waals surface area contributed by atoms with E-state index in [0.29, 0.717) is 43.5 Å². The number of methoxy groups -OCH3 is 1. The van der Waals surface area contributed by atoms with Crippen LogP contribution < -0.4 is 9.64 Å². The number of anilines is 1. The highest BCUT2D eigenvalue weighted by atomic mass is 16.6. The summed E-state index contributed by atoms with van der Waals surface area (Å²) in [5, 5.41) is 9.58. The molecule has 2 bridgehead atoms. The third-order valence-corrected chi connectivity index (χ3v) is 8.48. The van der Waals surface area contributed by atoms with Crippen molar-refractivity contribution < 1.29 is 33.7 Å². The van der Waals surface area contributed by atoms with Crippen LogP contribution in [-0.4, -0.2) is 78.4 Å². The number of unbranched alkanes of at least 4 members (excludes halogenated alkanes) is 1. The molecule has 5 atom stereocenters. The second kappa shape index (κ2) is 11.9. The van der Waals surface area contributed by atoms with Gasteiger partial charge in [0.05, 0.1) is 25.2 Å². The Hall–Kier alpha value is -3.17. The molecule has 1 N–H and O–H groups in total. The maximum Gasteiger partial charge on any atom is 0.312 e. The van der Waals surface area contributed by atoms with Gasteiger partial charge in [0.25, 0.3) is 5.91 Å². The summed E-state index contributed by atoms with van der Waals surface area (Å²) >= 11 is 0. The largest absolute Gasteiger partial charge is 0.497 e. The molecule has 0 saturated carbocycles. The quantitative estimate of drug-likeness (QED) is 0.219. The number of nitrogens with zero attached hydrogens (tertiary/aromatic N) is 2. The van der Waals surface area contributed by atoms with Crippen LogP contribution in [0.15, 0.2) is 49.6 Å². The number of ether oxygens (including phenoxy) is 3. The van der Waals surface area contributed by atoms with Crippen LogP contribution in [-0.2, 0) is 23.9 Å². The minimum absolute atomic E-state index is 0.133. The van der Waals surface area contributed by atoms with E-state index < -0.39 is 35.0 Å². The van der Waals surface area contributed by atoms with Gasteiger partial charge in [0.1, 0.15) is 23.3 Å². The molecular weight excluding hydrogens is 500 g/mol. The number of fused-ring (bicyclic) bond motifs is 1. The Morgan fingerprint density at radius 1 is 1.21 bits per heavy atom. The molecule has 3 heterocycles. The molecule has 4 rings (SSSR count). The SMILES string of the molecule is C=CCCCOC(=O)[C@H]1[C@H]2C(=O)N(CCCO)C(C(=O)N(CC=C)c3ccc(OC)cc3)C23CC[C@]1(CC)O3. The van der Waals surface area contributed by atoms with Crippen LogP contribution in [0, 0.1) is 11.8 Å². The van der Waals surface area contributed by atoms with Crippen molar-refractivity contribution in [2.24, 2.45) is 11.8 Å². The van der Waals surface area contributed by atoms with E-state index in [0.717, 1.165) is 6.42 Å². The lowest BCUT2D eigenvalue weighted by atomic mass is 9.65. The van der Waals surface area contributed by atoms with Crippen LogP contribution in [0.3, 0.4) is 0 Å². The van der Waals surface area contributed by atoms with Gasteiger partial charge >= 0.3 is 5.97 Å². The first-order valence-corrected chi connectivity index (χ1v) is 13.8. The number of aliphatic hydroxyl groups excluding tert-OH is 1. The average molecular weight is 541 g/mol. The van der Waals surface area contributed by atoms with Gasteiger partial charge in [-0.1, -0.05) is 19.1 Å². The Morgan fingerprint density at radius 3 is 2.56 bits per heavy atom. The van der Waals surface area contributed by atoms with Crippen molar-refractivity contribution >= 4 is 23.5 Å². The molecule has 3 fully saturated rings. The number of aliphatic hydroxyl groups is 1. The number of carbonyl (C=O) groups excluding carboxylic acids is 3. The molecule has 1 aromatic carbocycles. The Morgan fingerprint density at radius 2 is 1.95 bits per heavy atom. The van der Waals surface area contributed by atoms with Crippen molar-refractivity contribution in [2.75, 3.05) is 38.3 Å². The molecule has 9 heteroatoms. The van der Waals surface area contributed by atoms with E-state index in [4.69, 9.17) is 14.2 Å². The lowest BCUT2D eigenvalue weighted by molar-refractivity contribution is -0.161. The van der Waals surface area contributed by atoms with E-state index in [2.05, 4.69) is 13.2 Å². The van der Waals surface area contributed by atoms with Crippen LogP contribution in [0.4, 0.5) is 5.69 Å². The van der Waals surface area contributed by atoms with E-state index in [1.807, 2.05) is 6.92 Å². The third kappa shape index (κ3) is 4.87. The highest BCUT2D eigenvalue weighted by molar-refractivity contribution is 6.04. The topological polar surface area (TPSA) is 106 Å². The molecule has 0 radical (unpaired) electrons. The van der Waals surface area contributed by atoms with E-state index in [9.17, 15) is 19.5 Å². The maximum atomic E-state index is 14.4. The van der Waals surface area contributed by atoms with Gasteiger partial charge in [-0.2, -0.15) is 0 Å². The summed E-state index contributed by atoms with van der Waals surface area (Å²) in [5.74, 6) is -2.02. The van der Waals surface area contributed by atoms with Gasteiger partial charge in [0, 0.05) is 25.4 Å². The summed E-state index contributed by atoms with van der Waals surface area (Å²) in [6.45, 7) is 9.98. The first kappa shape index (κ1) is 28.8. The minimum atomic E-state index is -1.16. The molecule has 39 heavy (non-hydrogen) atoms. The molecule has 1 spiro atoms. The molecular formula is C30H40N2O7. The van der Waals surface area contributed by atoms with E-state index in [1.165, 1.54) is 4.90 Å². The number of amides is 2. The predicted molar refractivity (Wildman–Crippen MR) is 146 cm³/mol. The lowest BCUT2D eigenvalue weighted by Gasteiger charge is -2.37. The first-order valence-electron chi connectivity index (χ1n) is 13.8. The van der Waals surface area contributed by atoms with Crippen molar-refractivity contribution in [1.82, 2.24) is 4.90 Å². The molecule has 0 aliphatic carbocycles. The number of allylic oxidation sites excluding steroid dienone is 1. The highest BCUT2D eigenvalue weighted by Crippen LogP contribution is 2.64. The summed E-state index contributed by atoms with van der Waals surface area (Å²) < 4.78 is 17.7. The minimum Gasteiger partial charge on any atom is -0.497 e. The number of hydrogen-bond donors (Lipinski definition) is 1. The van der Waals surface area contributed by atoms with E-state index >= 15 is 0 Å². The number of hydrogen-bond acceptors (Lipinski definition) is 7. The molecule has 9 nitrogen and oxygen atoms in total. The maximum absolute atomic E-state index is 14.4. The standard InChI is InChI=1S/C30H40N2O7/c1-5-8-9-20-38-28(36)24-23-26(34)32(18-10-19-33)25(30(23)16-15-29(24,7-3)39-30)27(35)31(17-6-2)21-11-13-22(37-4)14-12-21/h5-6,11-14,23-25,33H,1-2,7-10,15-20H2,3-4H3/t23-,24+,25?,29-,30?/m0/s1. The van der Waals surface area contributed by atoms with Crippen LogP contribution in [0.5, 0.6) is 5.75 Å². The Labute approximate surface area is 230 Å². The van der Waals surface area contributed by atoms with E-state index in [1.54, 1.807) is 48.4 Å². The Kier molecular flexibility index (Phi) is 8.81. The zero-order chi connectivity index (χ0) is 28.2. The number of carbonyl (C=O) groups is 3. The lowest BCUT2D eigenvalue weighted by Crippen LogP contribution is -2.56. The van der Waals surface area contributed by atoms with Gasteiger partial charge in [0.15, 0.2) is 0 Å². The van der Waals surface area contributed by atoms with Gasteiger partial charge in [-0.3, -0.25) is 14.4 Å². The van der Waals surface area contributed by atoms with Gasteiger partial charge < -0.3 is 29.1 Å². The zero-order valence-corrected chi connectivity index (χ0v) is 23.0. The van der Waals surface area contributed by atoms with Crippen LogP contribution in [0.25, 0.3) is 0 Å². The van der Waals surface area contributed by atoms with Crippen LogP contribution in [0.1, 0.15) is 45.4 Å². The Balaban J connectivity index is 1.73. The number of benzene rings is 1. The molecule has 2 unspecified atom stereocenters. The fourth-order valence-electron chi connectivity index (χ4n) is 6.69. The third-order valence-electron chi connectivity index (χ3n) is 8.48. The zero-order valence-electron chi connectivity index (χ0n) is 23.0. The fraction of sp³-hybridized carbons (Fsp3) is 0.567. The monoisotopic (exact) mass is 540 g/mol. The van der Waals surface area contributed by atoms with Crippen molar-refractivity contribution in [3.63, 3.8) is 0 Å². The molecule has 3 aliphatic rings. The summed E-state index contributed by atoms with van der Waals surface area (Å²) in [7, 11) is 1.57. The molecule has 1 aromatic rings. The molecule has 3 saturated heterocycles. The fourth-order valence-corrected chi connectivity index (χ4v) is 6.69. The second-order valence-electron chi connectivity index (χ2n) is 10.5. The van der Waals surface area contributed by atoms with Crippen molar-refractivity contribution in [2.45, 2.75) is 62.7 Å². The second-order valence-corrected chi connectivity index (χ2v) is 10.5. The first-order chi connectivity index (χ1) is 18.8. The number of likely N-dealkylation sites (tertiary alicyclic amines) is 1. The normalized spacial score (nSPS) is 28.7. The molecule has 212 valence electrons. The summed E-state index contributed by atoms with van der Waals surface area (Å²) in [5.41, 5.74) is -1.39. The molecule has 0 aromatic heterocycles. The summed E-state index contributed by atoms with van der Waals surface area (Å²) in [6.07, 6.45) is 6.63. The van der Waals surface area contributed by atoms with Crippen molar-refractivity contribution in [1.29, 1.82) is 0 Å². The van der Waals surface area contributed by atoms with Crippen LogP contribution >= 0.6 is 0 Å². The predicted octanol–water partition coefficient (Wildman–Crippen LogP) is 3.26. The number of esters is 1. The molecule has 3 aliphatic heterocycles.